The first-order chi connectivity index (χ1) is 19.0. The highest BCUT2D eigenvalue weighted by molar-refractivity contribution is 6.30. The zero-order valence-corrected chi connectivity index (χ0v) is 23.1. The van der Waals surface area contributed by atoms with Gasteiger partial charge < -0.3 is 18.9 Å². The molecule has 0 unspecified atom stereocenters. The van der Waals surface area contributed by atoms with E-state index in [1.54, 1.807) is 29.4 Å². The van der Waals surface area contributed by atoms with Gasteiger partial charge in [0.1, 0.15) is 30.3 Å². The molecule has 0 amide bonds. The number of para-hydroxylation sites is 2. The summed E-state index contributed by atoms with van der Waals surface area (Å²) in [7, 11) is 3.49. The number of benzene rings is 3. The Balaban J connectivity index is 1.17. The molecule has 39 heavy (non-hydrogen) atoms. The third kappa shape index (κ3) is 6.47. The van der Waals surface area contributed by atoms with Gasteiger partial charge in [-0.05, 0) is 48.0 Å². The molecular weight excluding hydrogens is 518 g/mol. The maximum Gasteiger partial charge on any atom is 0.328 e. The minimum absolute atomic E-state index is 0.0401. The van der Waals surface area contributed by atoms with Crippen LogP contribution in [0.25, 0.3) is 11.0 Å². The fourth-order valence-corrected chi connectivity index (χ4v) is 5.12. The molecular formula is C30H34ClN3O5. The number of halogens is 1. The van der Waals surface area contributed by atoms with Gasteiger partial charge in [0.25, 0.3) is 0 Å². The van der Waals surface area contributed by atoms with Gasteiger partial charge in [-0.2, -0.15) is 0 Å². The van der Waals surface area contributed by atoms with E-state index in [0.29, 0.717) is 50.3 Å². The summed E-state index contributed by atoms with van der Waals surface area (Å²) < 4.78 is 27.3. The fourth-order valence-electron chi connectivity index (χ4n) is 4.94. The number of aryl methyl sites for hydroxylation is 1. The number of methoxy groups -OCH3 is 1. The van der Waals surface area contributed by atoms with Gasteiger partial charge in [-0.25, -0.2) is 4.79 Å². The van der Waals surface area contributed by atoms with Crippen molar-refractivity contribution < 1.29 is 18.9 Å². The van der Waals surface area contributed by atoms with Gasteiger partial charge in [0.2, 0.25) is 0 Å². The van der Waals surface area contributed by atoms with E-state index in [9.17, 15) is 4.79 Å². The maximum absolute atomic E-state index is 12.6. The molecule has 0 N–H and O–H groups in total. The summed E-state index contributed by atoms with van der Waals surface area (Å²) >= 11 is 6.10. The number of imidazole rings is 1. The summed E-state index contributed by atoms with van der Waals surface area (Å²) in [5, 5.41) is 0.632. The first kappa shape index (κ1) is 27.3. The number of rotatable bonds is 10. The molecule has 5 rings (SSSR count). The third-order valence-corrected chi connectivity index (χ3v) is 7.36. The number of hydrogen-bond donors (Lipinski definition) is 0. The standard InChI is InChI=1S/C30H34ClN3O5/c1-32-27-8-3-4-9-28(27)34(29(32)35)15-17-38-25-12-10-23(11-13-25)19-33-14-16-37-21-30(20-33,36-2)22-39-26-7-5-6-24(31)18-26/h3-13,18H,14-17,19-22H2,1-2H3/t30-/m0/s1. The second-order valence-electron chi connectivity index (χ2n) is 9.87. The molecule has 1 aliphatic heterocycles. The molecule has 1 fully saturated rings. The third-order valence-electron chi connectivity index (χ3n) is 7.12. The first-order valence-electron chi connectivity index (χ1n) is 13.1. The Bertz CT molecular complexity index is 1450. The molecule has 1 saturated heterocycles. The molecule has 8 nitrogen and oxygen atoms in total. The second-order valence-corrected chi connectivity index (χ2v) is 10.3. The normalized spacial score (nSPS) is 18.2. The van der Waals surface area contributed by atoms with E-state index in [0.717, 1.165) is 35.4 Å². The quantitative estimate of drug-likeness (QED) is 0.292. The summed E-state index contributed by atoms with van der Waals surface area (Å²) in [6.45, 7) is 4.52. The molecule has 0 radical (unpaired) electrons. The summed E-state index contributed by atoms with van der Waals surface area (Å²) in [6.07, 6.45) is 0. The van der Waals surface area contributed by atoms with Gasteiger partial charge >= 0.3 is 5.69 Å². The molecule has 3 aromatic carbocycles. The van der Waals surface area contributed by atoms with Crippen molar-refractivity contribution in [2.45, 2.75) is 18.7 Å². The number of nitrogens with zero attached hydrogens (tertiary/aromatic N) is 3. The van der Waals surface area contributed by atoms with Crippen molar-refractivity contribution in [2.75, 3.05) is 46.6 Å². The Kier molecular flexibility index (Phi) is 8.57. The second kappa shape index (κ2) is 12.3. The van der Waals surface area contributed by atoms with Crippen LogP contribution in [0.5, 0.6) is 11.5 Å². The van der Waals surface area contributed by atoms with Crippen molar-refractivity contribution >= 4 is 22.6 Å². The van der Waals surface area contributed by atoms with E-state index in [1.807, 2.05) is 54.6 Å². The number of ether oxygens (including phenoxy) is 4. The lowest BCUT2D eigenvalue weighted by atomic mass is 10.1. The molecule has 0 saturated carbocycles. The highest BCUT2D eigenvalue weighted by Gasteiger charge is 2.36. The van der Waals surface area contributed by atoms with Crippen molar-refractivity contribution in [1.29, 1.82) is 0 Å². The van der Waals surface area contributed by atoms with Crippen molar-refractivity contribution in [3.63, 3.8) is 0 Å². The first-order valence-corrected chi connectivity index (χ1v) is 13.4. The predicted octanol–water partition coefficient (Wildman–Crippen LogP) is 4.37. The van der Waals surface area contributed by atoms with Crippen LogP contribution >= 0.6 is 11.6 Å². The topological polar surface area (TPSA) is 67.1 Å². The minimum Gasteiger partial charge on any atom is -0.492 e. The van der Waals surface area contributed by atoms with Crippen molar-refractivity contribution in [1.82, 2.24) is 14.0 Å². The average molecular weight is 552 g/mol. The largest absolute Gasteiger partial charge is 0.492 e. The summed E-state index contributed by atoms with van der Waals surface area (Å²) in [5.74, 6) is 1.48. The molecule has 0 spiro atoms. The van der Waals surface area contributed by atoms with Gasteiger partial charge in [0.15, 0.2) is 0 Å². The van der Waals surface area contributed by atoms with Crippen LogP contribution in [0.15, 0.2) is 77.6 Å². The monoisotopic (exact) mass is 551 g/mol. The molecule has 0 bridgehead atoms. The molecule has 206 valence electrons. The van der Waals surface area contributed by atoms with Crippen LogP contribution < -0.4 is 15.2 Å². The van der Waals surface area contributed by atoms with Gasteiger partial charge in [-0.15, -0.1) is 0 Å². The lowest BCUT2D eigenvalue weighted by Gasteiger charge is -2.34. The Hall–Kier alpha value is -3.30. The predicted molar refractivity (Wildman–Crippen MR) is 152 cm³/mol. The summed E-state index contributed by atoms with van der Waals surface area (Å²) in [5.41, 5.74) is 2.36. The van der Waals surface area contributed by atoms with E-state index in [-0.39, 0.29) is 5.69 Å². The zero-order chi connectivity index (χ0) is 27.2. The SMILES string of the molecule is CO[C@]1(COc2cccc(Cl)c2)COCCN(Cc2ccc(OCCn3c(=O)n(C)c4ccccc43)cc2)C1. The Morgan fingerprint density at radius 2 is 1.77 bits per heavy atom. The fraction of sp³-hybridized carbons (Fsp3) is 0.367. The van der Waals surface area contributed by atoms with Gasteiger partial charge in [-0.3, -0.25) is 14.0 Å². The highest BCUT2D eigenvalue weighted by atomic mass is 35.5. The maximum atomic E-state index is 12.6. The molecule has 9 heteroatoms. The van der Waals surface area contributed by atoms with Crippen LogP contribution in [0.2, 0.25) is 5.02 Å². The Morgan fingerprint density at radius 3 is 2.54 bits per heavy atom. The van der Waals surface area contributed by atoms with Crippen molar-refractivity contribution in [2.24, 2.45) is 7.05 Å². The molecule has 2 heterocycles. The number of fused-ring (bicyclic) bond motifs is 1. The molecule has 1 aromatic heterocycles. The van der Waals surface area contributed by atoms with Crippen LogP contribution in [0.1, 0.15) is 5.56 Å². The molecule has 1 atom stereocenters. The van der Waals surface area contributed by atoms with Gasteiger partial charge in [-0.1, -0.05) is 41.9 Å². The Morgan fingerprint density at radius 1 is 0.974 bits per heavy atom. The minimum atomic E-state index is -0.596. The van der Waals surface area contributed by atoms with E-state index >= 15 is 0 Å². The van der Waals surface area contributed by atoms with Crippen LogP contribution in [-0.4, -0.2) is 66.3 Å². The lowest BCUT2D eigenvalue weighted by Crippen LogP contribution is -2.50. The summed E-state index contributed by atoms with van der Waals surface area (Å²) in [6, 6.07) is 23.2. The molecule has 4 aromatic rings. The Labute approximate surface area is 233 Å². The van der Waals surface area contributed by atoms with Crippen molar-refractivity contribution in [3.05, 3.63) is 93.9 Å². The van der Waals surface area contributed by atoms with E-state index in [1.165, 1.54) is 0 Å². The summed E-state index contributed by atoms with van der Waals surface area (Å²) in [4.78, 5) is 14.9. The molecule has 0 aliphatic carbocycles. The average Bonchev–Trinajstić information content (AvgIpc) is 3.07. The van der Waals surface area contributed by atoms with Crippen LogP contribution in [0, 0.1) is 0 Å². The van der Waals surface area contributed by atoms with E-state index < -0.39 is 5.60 Å². The van der Waals surface area contributed by atoms with Gasteiger partial charge in [0, 0.05) is 38.8 Å². The van der Waals surface area contributed by atoms with Crippen LogP contribution in [0.3, 0.4) is 0 Å². The molecule has 1 aliphatic rings. The van der Waals surface area contributed by atoms with E-state index in [2.05, 4.69) is 17.0 Å². The lowest BCUT2D eigenvalue weighted by molar-refractivity contribution is -0.0925. The van der Waals surface area contributed by atoms with Crippen LogP contribution in [-0.2, 0) is 29.6 Å². The van der Waals surface area contributed by atoms with Crippen molar-refractivity contribution in [3.8, 4) is 11.5 Å². The van der Waals surface area contributed by atoms with E-state index in [4.69, 9.17) is 30.5 Å². The highest BCUT2D eigenvalue weighted by Crippen LogP contribution is 2.23. The number of aromatic nitrogens is 2. The van der Waals surface area contributed by atoms with Crippen LogP contribution in [0.4, 0.5) is 0 Å². The van der Waals surface area contributed by atoms with Gasteiger partial charge in [0.05, 0.1) is 30.8 Å². The zero-order valence-electron chi connectivity index (χ0n) is 22.3. The smallest absolute Gasteiger partial charge is 0.328 e. The number of hydrogen-bond acceptors (Lipinski definition) is 6.